The largest absolute Gasteiger partial charge is 0.297 e. The lowest BCUT2D eigenvalue weighted by molar-refractivity contribution is 0.0923. The summed E-state index contributed by atoms with van der Waals surface area (Å²) in [6.45, 7) is 4.36. The number of aryl methyl sites for hydroxylation is 2. The van der Waals surface area contributed by atoms with E-state index in [1.54, 1.807) is 12.4 Å². The Kier molecular flexibility index (Phi) is 5.53. The molecule has 0 N–H and O–H groups in total. The molecule has 0 radical (unpaired) electrons. The van der Waals surface area contributed by atoms with Gasteiger partial charge in [-0.2, -0.15) is 5.10 Å². The number of thioether (sulfide) groups is 1. The first-order valence-electron chi connectivity index (χ1n) is 9.18. The van der Waals surface area contributed by atoms with Crippen LogP contribution in [-0.2, 0) is 6.54 Å². The van der Waals surface area contributed by atoms with Gasteiger partial charge in [0, 0.05) is 23.7 Å². The van der Waals surface area contributed by atoms with E-state index in [9.17, 15) is 4.79 Å². The van der Waals surface area contributed by atoms with Crippen LogP contribution in [0.25, 0.3) is 11.4 Å². The number of nitrogens with zero attached hydrogens (tertiary/aromatic N) is 6. The summed E-state index contributed by atoms with van der Waals surface area (Å²) in [4.78, 5) is 16.8. The number of benzene rings is 1. The van der Waals surface area contributed by atoms with Crippen LogP contribution in [0.4, 0.5) is 0 Å². The molecule has 0 unspecified atom stereocenters. The van der Waals surface area contributed by atoms with E-state index in [0.29, 0.717) is 11.7 Å². The first-order valence-corrected chi connectivity index (χ1v) is 10.2. The standard InChI is InChI=1S/C21H20N6OS/c1-15-11-16(2)27(25-15)19(28)14-29-21-24-23-20(18-9-6-10-22-12-18)26(21)13-17-7-4-3-5-8-17/h3-12H,13-14H2,1-2H3. The Morgan fingerprint density at radius 2 is 1.90 bits per heavy atom. The van der Waals surface area contributed by atoms with Crippen LogP contribution < -0.4 is 0 Å². The van der Waals surface area contributed by atoms with Crippen LogP contribution in [0.3, 0.4) is 0 Å². The predicted octanol–water partition coefficient (Wildman–Crippen LogP) is 3.63. The van der Waals surface area contributed by atoms with Crippen LogP contribution in [0.2, 0.25) is 0 Å². The molecule has 0 amide bonds. The van der Waals surface area contributed by atoms with E-state index in [0.717, 1.165) is 28.3 Å². The fourth-order valence-electron chi connectivity index (χ4n) is 3.08. The summed E-state index contributed by atoms with van der Waals surface area (Å²) in [5.41, 5.74) is 3.67. The lowest BCUT2D eigenvalue weighted by Gasteiger charge is -2.10. The molecule has 0 atom stereocenters. The Morgan fingerprint density at radius 1 is 1.07 bits per heavy atom. The van der Waals surface area contributed by atoms with E-state index in [4.69, 9.17) is 0 Å². The molecule has 0 spiro atoms. The van der Waals surface area contributed by atoms with Gasteiger partial charge in [-0.05, 0) is 37.6 Å². The molecule has 0 aliphatic rings. The van der Waals surface area contributed by atoms with Crippen molar-refractivity contribution in [3.8, 4) is 11.4 Å². The van der Waals surface area contributed by atoms with Crippen molar-refractivity contribution in [1.82, 2.24) is 29.5 Å². The van der Waals surface area contributed by atoms with Crippen LogP contribution in [0, 0.1) is 13.8 Å². The van der Waals surface area contributed by atoms with Crippen molar-refractivity contribution in [2.45, 2.75) is 25.5 Å². The maximum absolute atomic E-state index is 12.6. The second-order valence-corrected chi connectivity index (χ2v) is 7.58. The minimum absolute atomic E-state index is 0.0854. The Bertz CT molecular complexity index is 1120. The van der Waals surface area contributed by atoms with Crippen molar-refractivity contribution in [1.29, 1.82) is 0 Å². The molecule has 1 aromatic carbocycles. The second-order valence-electron chi connectivity index (χ2n) is 6.64. The molecule has 7 nitrogen and oxygen atoms in total. The predicted molar refractivity (Wildman–Crippen MR) is 112 cm³/mol. The molecule has 4 aromatic rings. The summed E-state index contributed by atoms with van der Waals surface area (Å²) in [6.07, 6.45) is 3.49. The zero-order valence-corrected chi connectivity index (χ0v) is 17.0. The van der Waals surface area contributed by atoms with Gasteiger partial charge in [0.05, 0.1) is 18.0 Å². The highest BCUT2D eigenvalue weighted by atomic mass is 32.2. The number of rotatable bonds is 6. The van der Waals surface area contributed by atoms with E-state index in [1.807, 2.05) is 54.8 Å². The first-order chi connectivity index (χ1) is 14.1. The third-order valence-electron chi connectivity index (χ3n) is 4.39. The molecule has 0 saturated carbocycles. The zero-order chi connectivity index (χ0) is 20.2. The van der Waals surface area contributed by atoms with Crippen LogP contribution >= 0.6 is 11.8 Å². The summed E-state index contributed by atoms with van der Waals surface area (Å²) in [6, 6.07) is 15.8. The highest BCUT2D eigenvalue weighted by Crippen LogP contribution is 2.25. The minimum atomic E-state index is -0.0854. The normalized spacial score (nSPS) is 11.0. The lowest BCUT2D eigenvalue weighted by atomic mass is 10.2. The zero-order valence-electron chi connectivity index (χ0n) is 16.2. The average Bonchev–Trinajstić information content (AvgIpc) is 3.30. The minimum Gasteiger partial charge on any atom is -0.297 e. The Balaban J connectivity index is 1.61. The van der Waals surface area contributed by atoms with Gasteiger partial charge in [0.1, 0.15) is 0 Å². The summed E-state index contributed by atoms with van der Waals surface area (Å²) < 4.78 is 3.47. The van der Waals surface area contributed by atoms with E-state index in [1.165, 1.54) is 16.4 Å². The van der Waals surface area contributed by atoms with Crippen molar-refractivity contribution in [3.05, 3.63) is 77.9 Å². The van der Waals surface area contributed by atoms with Crippen molar-refractivity contribution in [2.24, 2.45) is 0 Å². The lowest BCUT2D eigenvalue weighted by Crippen LogP contribution is -2.17. The number of hydrogen-bond donors (Lipinski definition) is 0. The maximum atomic E-state index is 12.6. The number of carbonyl (C=O) groups is 1. The van der Waals surface area contributed by atoms with Crippen molar-refractivity contribution < 1.29 is 4.79 Å². The van der Waals surface area contributed by atoms with E-state index in [2.05, 4.69) is 32.4 Å². The Morgan fingerprint density at radius 3 is 2.59 bits per heavy atom. The maximum Gasteiger partial charge on any atom is 0.257 e. The van der Waals surface area contributed by atoms with Crippen LogP contribution in [0.15, 0.2) is 66.1 Å². The van der Waals surface area contributed by atoms with Gasteiger partial charge in [0.15, 0.2) is 11.0 Å². The highest BCUT2D eigenvalue weighted by molar-refractivity contribution is 7.99. The molecule has 0 fully saturated rings. The molecule has 8 heteroatoms. The molecular formula is C21H20N6OS. The van der Waals surface area contributed by atoms with Gasteiger partial charge in [-0.3, -0.25) is 14.3 Å². The van der Waals surface area contributed by atoms with Crippen LogP contribution in [0.5, 0.6) is 0 Å². The molecule has 0 saturated heterocycles. The second kappa shape index (κ2) is 8.40. The Labute approximate surface area is 172 Å². The number of pyridine rings is 1. The first kappa shape index (κ1) is 19.1. The number of hydrogen-bond acceptors (Lipinski definition) is 6. The summed E-state index contributed by atoms with van der Waals surface area (Å²) >= 11 is 1.36. The molecule has 3 heterocycles. The van der Waals surface area contributed by atoms with E-state index < -0.39 is 0 Å². The summed E-state index contributed by atoms with van der Waals surface area (Å²) in [5, 5.41) is 13.7. The molecule has 146 valence electrons. The van der Waals surface area contributed by atoms with Crippen LogP contribution in [0.1, 0.15) is 21.7 Å². The van der Waals surface area contributed by atoms with Crippen LogP contribution in [-0.4, -0.2) is 41.2 Å². The fourth-order valence-corrected chi connectivity index (χ4v) is 3.86. The van der Waals surface area contributed by atoms with Gasteiger partial charge in [-0.1, -0.05) is 42.1 Å². The monoisotopic (exact) mass is 404 g/mol. The SMILES string of the molecule is Cc1cc(C)n(C(=O)CSc2nnc(-c3cccnc3)n2Cc2ccccc2)n1. The smallest absolute Gasteiger partial charge is 0.257 e. The van der Waals surface area contributed by atoms with E-state index >= 15 is 0 Å². The molecule has 3 aromatic heterocycles. The third-order valence-corrected chi connectivity index (χ3v) is 5.34. The highest BCUT2D eigenvalue weighted by Gasteiger charge is 2.18. The van der Waals surface area contributed by atoms with Gasteiger partial charge in [-0.25, -0.2) is 4.68 Å². The van der Waals surface area contributed by atoms with Gasteiger partial charge >= 0.3 is 0 Å². The molecular weight excluding hydrogens is 384 g/mol. The molecule has 0 aliphatic heterocycles. The van der Waals surface area contributed by atoms with Gasteiger partial charge in [0.25, 0.3) is 5.91 Å². The van der Waals surface area contributed by atoms with Crippen molar-refractivity contribution >= 4 is 17.7 Å². The van der Waals surface area contributed by atoms with E-state index in [-0.39, 0.29) is 11.7 Å². The van der Waals surface area contributed by atoms with Crippen molar-refractivity contribution in [2.75, 3.05) is 5.75 Å². The number of carbonyl (C=O) groups excluding carboxylic acids is 1. The summed E-state index contributed by atoms with van der Waals surface area (Å²) in [7, 11) is 0. The third kappa shape index (κ3) is 4.27. The average molecular weight is 404 g/mol. The van der Waals surface area contributed by atoms with Gasteiger partial charge in [-0.15, -0.1) is 10.2 Å². The van der Waals surface area contributed by atoms with Crippen molar-refractivity contribution in [3.63, 3.8) is 0 Å². The summed E-state index contributed by atoms with van der Waals surface area (Å²) in [5.74, 6) is 0.864. The fraction of sp³-hybridized carbons (Fsp3) is 0.190. The molecule has 0 aliphatic carbocycles. The molecule has 4 rings (SSSR count). The van der Waals surface area contributed by atoms with Gasteiger partial charge < -0.3 is 0 Å². The number of aromatic nitrogens is 6. The quantitative estimate of drug-likeness (QED) is 0.457. The Hall–Kier alpha value is -3.26. The molecule has 0 bridgehead atoms. The van der Waals surface area contributed by atoms with Gasteiger partial charge in [0.2, 0.25) is 0 Å². The molecule has 29 heavy (non-hydrogen) atoms. The topological polar surface area (TPSA) is 78.5 Å².